The fourth-order valence-corrected chi connectivity index (χ4v) is 0.596. The molecule has 4 heteroatoms. The Morgan fingerprint density at radius 3 is 2.91 bits per heavy atom. The summed E-state index contributed by atoms with van der Waals surface area (Å²) in [6.07, 6.45) is 1.06. The number of carbonyl (C=O) groups is 1. The molecule has 1 unspecified atom stereocenters. The van der Waals surface area contributed by atoms with Crippen LogP contribution in [0.5, 0.6) is 0 Å². The van der Waals surface area contributed by atoms with Crippen LogP contribution in [0.3, 0.4) is 0 Å². The number of rotatable bonds is 5. The van der Waals surface area contributed by atoms with E-state index in [1.807, 2.05) is 6.92 Å². The zero-order valence-corrected chi connectivity index (χ0v) is 7.13. The van der Waals surface area contributed by atoms with Gasteiger partial charge in [0.15, 0.2) is 5.56 Å². The Balaban J connectivity index is 3.43. The van der Waals surface area contributed by atoms with Crippen molar-refractivity contribution in [3.05, 3.63) is 12.7 Å². The van der Waals surface area contributed by atoms with E-state index in [-0.39, 0.29) is 6.61 Å². The SMILES string of the molecule is C=CC(=O)OC(Cl)COCC. The summed E-state index contributed by atoms with van der Waals surface area (Å²) in [7, 11) is 0. The lowest BCUT2D eigenvalue weighted by molar-refractivity contribution is -0.141. The van der Waals surface area contributed by atoms with Crippen LogP contribution in [-0.4, -0.2) is 24.7 Å². The van der Waals surface area contributed by atoms with E-state index in [0.29, 0.717) is 6.61 Å². The van der Waals surface area contributed by atoms with Crippen LogP contribution in [0.15, 0.2) is 12.7 Å². The fourth-order valence-electron chi connectivity index (χ4n) is 0.419. The minimum atomic E-state index is -0.722. The molecule has 0 heterocycles. The van der Waals surface area contributed by atoms with Crippen LogP contribution in [0.1, 0.15) is 6.92 Å². The van der Waals surface area contributed by atoms with Crippen LogP contribution < -0.4 is 0 Å². The Kier molecular flexibility index (Phi) is 5.88. The number of hydrogen-bond donors (Lipinski definition) is 0. The van der Waals surface area contributed by atoms with Crippen LogP contribution in [0, 0.1) is 0 Å². The Hall–Kier alpha value is -0.540. The molecule has 0 bridgehead atoms. The van der Waals surface area contributed by atoms with Crippen molar-refractivity contribution < 1.29 is 14.3 Å². The predicted molar refractivity (Wildman–Crippen MR) is 42.4 cm³/mol. The van der Waals surface area contributed by atoms with Gasteiger partial charge in [-0.2, -0.15) is 0 Å². The minimum absolute atomic E-state index is 0.206. The summed E-state index contributed by atoms with van der Waals surface area (Å²) >= 11 is 5.52. The Bertz CT molecular complexity index is 136. The normalized spacial score (nSPS) is 12.2. The van der Waals surface area contributed by atoms with Crippen LogP contribution in [0.4, 0.5) is 0 Å². The standard InChI is InChI=1S/C7H11ClO3/c1-3-7(9)11-6(8)5-10-4-2/h3,6H,1,4-5H2,2H3. The van der Waals surface area contributed by atoms with Crippen molar-refractivity contribution >= 4 is 17.6 Å². The van der Waals surface area contributed by atoms with Crippen molar-refractivity contribution in [3.8, 4) is 0 Å². The van der Waals surface area contributed by atoms with Crippen LogP contribution in [0.25, 0.3) is 0 Å². The Labute approximate surface area is 70.9 Å². The molecular weight excluding hydrogens is 168 g/mol. The average molecular weight is 179 g/mol. The number of halogens is 1. The lowest BCUT2D eigenvalue weighted by Gasteiger charge is -2.08. The highest BCUT2D eigenvalue weighted by Gasteiger charge is 2.07. The quantitative estimate of drug-likeness (QED) is 0.362. The second kappa shape index (κ2) is 6.19. The predicted octanol–water partition coefficient (Wildman–Crippen LogP) is 1.32. The molecular formula is C7H11ClO3. The lowest BCUT2D eigenvalue weighted by Crippen LogP contribution is -2.16. The third kappa shape index (κ3) is 5.88. The molecule has 3 nitrogen and oxygen atoms in total. The van der Waals surface area contributed by atoms with Crippen molar-refractivity contribution in [1.29, 1.82) is 0 Å². The molecule has 0 aromatic carbocycles. The molecule has 0 saturated carbocycles. The first-order valence-corrected chi connectivity index (χ1v) is 3.69. The van der Waals surface area contributed by atoms with Gasteiger partial charge in [0.2, 0.25) is 0 Å². The second-order valence-electron chi connectivity index (χ2n) is 1.71. The molecule has 0 N–H and O–H groups in total. The molecule has 0 spiro atoms. The number of carbonyl (C=O) groups excluding carboxylic acids is 1. The first kappa shape index (κ1) is 10.5. The second-order valence-corrected chi connectivity index (χ2v) is 2.20. The molecule has 0 radical (unpaired) electrons. The van der Waals surface area contributed by atoms with Gasteiger partial charge >= 0.3 is 5.97 Å². The van der Waals surface area contributed by atoms with Crippen LogP contribution in [0.2, 0.25) is 0 Å². The summed E-state index contributed by atoms with van der Waals surface area (Å²) in [5, 5.41) is 0. The van der Waals surface area contributed by atoms with Crippen LogP contribution >= 0.6 is 11.6 Å². The van der Waals surface area contributed by atoms with E-state index in [2.05, 4.69) is 11.3 Å². The minimum Gasteiger partial charge on any atom is -0.440 e. The van der Waals surface area contributed by atoms with Gasteiger partial charge in [-0.1, -0.05) is 18.2 Å². The highest BCUT2D eigenvalue weighted by Crippen LogP contribution is 1.99. The molecule has 0 fully saturated rings. The summed E-state index contributed by atoms with van der Waals surface area (Å²) in [6, 6.07) is 0. The number of ether oxygens (including phenoxy) is 2. The van der Waals surface area contributed by atoms with E-state index in [9.17, 15) is 4.79 Å². The number of alkyl halides is 1. The van der Waals surface area contributed by atoms with E-state index >= 15 is 0 Å². The van der Waals surface area contributed by atoms with E-state index in [0.717, 1.165) is 6.08 Å². The van der Waals surface area contributed by atoms with Gasteiger partial charge in [-0.25, -0.2) is 4.79 Å². The summed E-state index contributed by atoms with van der Waals surface area (Å²) in [4.78, 5) is 10.5. The van der Waals surface area contributed by atoms with Gasteiger partial charge in [0.25, 0.3) is 0 Å². The summed E-state index contributed by atoms with van der Waals surface area (Å²) in [6.45, 7) is 5.81. The van der Waals surface area contributed by atoms with Gasteiger partial charge < -0.3 is 9.47 Å². The van der Waals surface area contributed by atoms with Gasteiger partial charge in [0.05, 0.1) is 6.61 Å². The lowest BCUT2D eigenvalue weighted by atomic mass is 10.6. The maximum Gasteiger partial charge on any atom is 0.331 e. The first-order chi connectivity index (χ1) is 5.20. The topological polar surface area (TPSA) is 35.5 Å². The zero-order valence-electron chi connectivity index (χ0n) is 6.38. The van der Waals surface area contributed by atoms with Gasteiger partial charge in [-0.05, 0) is 6.92 Å². The number of esters is 1. The monoisotopic (exact) mass is 178 g/mol. The summed E-state index contributed by atoms with van der Waals surface area (Å²) in [5.74, 6) is -0.537. The van der Waals surface area contributed by atoms with Crippen molar-refractivity contribution in [3.63, 3.8) is 0 Å². The van der Waals surface area contributed by atoms with E-state index < -0.39 is 11.5 Å². The maximum atomic E-state index is 10.5. The molecule has 1 atom stereocenters. The highest BCUT2D eigenvalue weighted by atomic mass is 35.5. The van der Waals surface area contributed by atoms with Gasteiger partial charge in [0.1, 0.15) is 0 Å². The van der Waals surface area contributed by atoms with E-state index in [1.54, 1.807) is 0 Å². The molecule has 11 heavy (non-hydrogen) atoms. The largest absolute Gasteiger partial charge is 0.440 e. The zero-order chi connectivity index (χ0) is 8.69. The van der Waals surface area contributed by atoms with Gasteiger partial charge in [0, 0.05) is 12.7 Å². The van der Waals surface area contributed by atoms with Gasteiger partial charge in [-0.15, -0.1) is 0 Å². The molecule has 0 rings (SSSR count). The molecule has 64 valence electrons. The average Bonchev–Trinajstić information content (AvgIpc) is 2.00. The molecule has 0 aliphatic heterocycles. The Morgan fingerprint density at radius 1 is 1.82 bits per heavy atom. The molecule has 0 aliphatic carbocycles. The summed E-state index contributed by atoms with van der Waals surface area (Å²) in [5.41, 5.74) is -0.722. The van der Waals surface area contributed by atoms with Crippen molar-refractivity contribution in [2.24, 2.45) is 0 Å². The molecule has 0 aromatic heterocycles. The van der Waals surface area contributed by atoms with Crippen molar-refractivity contribution in [2.45, 2.75) is 12.5 Å². The first-order valence-electron chi connectivity index (χ1n) is 3.25. The van der Waals surface area contributed by atoms with E-state index in [1.165, 1.54) is 0 Å². The smallest absolute Gasteiger partial charge is 0.331 e. The maximum absolute atomic E-state index is 10.5. The van der Waals surface area contributed by atoms with Gasteiger partial charge in [-0.3, -0.25) is 0 Å². The third-order valence-electron chi connectivity index (χ3n) is 0.864. The molecule has 0 aromatic rings. The summed E-state index contributed by atoms with van der Waals surface area (Å²) < 4.78 is 9.48. The molecule has 0 amide bonds. The van der Waals surface area contributed by atoms with E-state index in [4.69, 9.17) is 16.3 Å². The van der Waals surface area contributed by atoms with Crippen LogP contribution in [-0.2, 0) is 14.3 Å². The fraction of sp³-hybridized carbons (Fsp3) is 0.571. The highest BCUT2D eigenvalue weighted by molar-refractivity contribution is 6.20. The van der Waals surface area contributed by atoms with Crippen molar-refractivity contribution in [1.82, 2.24) is 0 Å². The number of hydrogen-bond acceptors (Lipinski definition) is 3. The van der Waals surface area contributed by atoms with Crippen molar-refractivity contribution in [2.75, 3.05) is 13.2 Å². The third-order valence-corrected chi connectivity index (χ3v) is 1.08. The molecule has 0 aliphatic rings. The Morgan fingerprint density at radius 2 is 2.45 bits per heavy atom. The molecule has 0 saturated heterocycles.